The first-order valence-electron chi connectivity index (χ1n) is 6.38. The molecule has 1 heterocycles. The summed E-state index contributed by atoms with van der Waals surface area (Å²) in [4.78, 5) is 13.1. The van der Waals surface area contributed by atoms with Crippen LogP contribution in [-0.4, -0.2) is 23.2 Å². The summed E-state index contributed by atoms with van der Waals surface area (Å²) in [6.07, 6.45) is 5.18. The van der Waals surface area contributed by atoms with Crippen molar-refractivity contribution in [1.82, 2.24) is 0 Å². The number of anilines is 1. The Morgan fingerprint density at radius 2 is 2.21 bits per heavy atom. The summed E-state index contributed by atoms with van der Waals surface area (Å²) in [7, 11) is 0. The highest BCUT2D eigenvalue weighted by Crippen LogP contribution is 2.37. The highest BCUT2D eigenvalue weighted by Gasteiger charge is 2.32. The molecule has 3 nitrogen and oxygen atoms in total. The van der Waals surface area contributed by atoms with Gasteiger partial charge in [0.2, 0.25) is 0 Å². The molecule has 4 heteroatoms. The van der Waals surface area contributed by atoms with Crippen molar-refractivity contribution in [2.75, 3.05) is 11.4 Å². The number of carbonyl (C=O) groups is 1. The first-order chi connectivity index (χ1) is 8.90. The largest absolute Gasteiger partial charge is 0.478 e. The SMILES string of the molecule is CC1(C)CCCN1c1cc(Br)ccc1/C=C/C(=O)O. The van der Waals surface area contributed by atoms with E-state index >= 15 is 0 Å². The number of carboxylic acids is 1. The van der Waals surface area contributed by atoms with Gasteiger partial charge in [0.1, 0.15) is 0 Å². The van der Waals surface area contributed by atoms with Crippen molar-refractivity contribution < 1.29 is 9.90 Å². The maximum absolute atomic E-state index is 10.7. The van der Waals surface area contributed by atoms with Gasteiger partial charge in [0.15, 0.2) is 0 Å². The zero-order valence-electron chi connectivity index (χ0n) is 11.2. The van der Waals surface area contributed by atoms with E-state index in [4.69, 9.17) is 5.11 Å². The average Bonchev–Trinajstić information content (AvgIpc) is 2.67. The summed E-state index contributed by atoms with van der Waals surface area (Å²) in [5.41, 5.74) is 2.15. The zero-order chi connectivity index (χ0) is 14.0. The molecule has 1 saturated heterocycles. The number of benzene rings is 1. The van der Waals surface area contributed by atoms with Gasteiger partial charge < -0.3 is 10.0 Å². The smallest absolute Gasteiger partial charge is 0.328 e. The van der Waals surface area contributed by atoms with Crippen LogP contribution in [0, 0.1) is 0 Å². The van der Waals surface area contributed by atoms with E-state index in [0.29, 0.717) is 0 Å². The minimum absolute atomic E-state index is 0.118. The molecular weight excluding hydrogens is 306 g/mol. The Morgan fingerprint density at radius 3 is 2.79 bits per heavy atom. The Kier molecular flexibility index (Phi) is 3.99. The lowest BCUT2D eigenvalue weighted by atomic mass is 10.0. The number of carboxylic acid groups (broad SMARTS) is 1. The van der Waals surface area contributed by atoms with Gasteiger partial charge in [-0.15, -0.1) is 0 Å². The van der Waals surface area contributed by atoms with Crippen molar-refractivity contribution in [3.05, 3.63) is 34.3 Å². The van der Waals surface area contributed by atoms with Crippen LogP contribution in [0.2, 0.25) is 0 Å². The Labute approximate surface area is 122 Å². The number of rotatable bonds is 3. The van der Waals surface area contributed by atoms with Crippen molar-refractivity contribution >= 4 is 33.7 Å². The molecule has 19 heavy (non-hydrogen) atoms. The molecule has 1 fully saturated rings. The first-order valence-corrected chi connectivity index (χ1v) is 7.18. The molecule has 1 aromatic carbocycles. The van der Waals surface area contributed by atoms with Gasteiger partial charge >= 0.3 is 5.97 Å². The number of hydrogen-bond acceptors (Lipinski definition) is 2. The molecule has 0 spiro atoms. The molecule has 1 aliphatic heterocycles. The highest BCUT2D eigenvalue weighted by molar-refractivity contribution is 9.10. The maximum Gasteiger partial charge on any atom is 0.328 e. The fourth-order valence-corrected chi connectivity index (χ4v) is 2.96. The molecule has 0 bridgehead atoms. The third-order valence-electron chi connectivity index (χ3n) is 3.59. The van der Waals surface area contributed by atoms with E-state index in [9.17, 15) is 4.79 Å². The maximum atomic E-state index is 10.7. The third-order valence-corrected chi connectivity index (χ3v) is 4.08. The van der Waals surface area contributed by atoms with Crippen LogP contribution in [0.1, 0.15) is 32.3 Å². The topological polar surface area (TPSA) is 40.5 Å². The van der Waals surface area contributed by atoms with Crippen molar-refractivity contribution in [1.29, 1.82) is 0 Å². The number of nitrogens with zero attached hydrogens (tertiary/aromatic N) is 1. The summed E-state index contributed by atoms with van der Waals surface area (Å²) >= 11 is 3.49. The van der Waals surface area contributed by atoms with E-state index in [1.165, 1.54) is 12.5 Å². The van der Waals surface area contributed by atoms with Crippen LogP contribution < -0.4 is 4.90 Å². The van der Waals surface area contributed by atoms with Gasteiger partial charge in [-0.3, -0.25) is 0 Å². The van der Waals surface area contributed by atoms with Crippen LogP contribution >= 0.6 is 15.9 Å². The Hall–Kier alpha value is -1.29. The molecular formula is C15H18BrNO2. The molecule has 1 aromatic rings. The fraction of sp³-hybridized carbons (Fsp3) is 0.400. The van der Waals surface area contributed by atoms with Crippen molar-refractivity contribution in [2.24, 2.45) is 0 Å². The van der Waals surface area contributed by atoms with Gasteiger partial charge in [-0.05, 0) is 50.5 Å². The van der Waals surface area contributed by atoms with E-state index in [1.807, 2.05) is 12.1 Å². The Morgan fingerprint density at radius 1 is 1.47 bits per heavy atom. The number of aliphatic carboxylic acids is 1. The standard InChI is InChI=1S/C15H18BrNO2/c1-15(2)8-3-9-17(15)13-10-12(16)6-4-11(13)5-7-14(18)19/h4-7,10H,3,8-9H2,1-2H3,(H,18,19)/b7-5+. The van der Waals surface area contributed by atoms with E-state index in [0.717, 1.165) is 28.7 Å². The number of halogens is 1. The normalized spacial score (nSPS) is 18.2. The number of hydrogen-bond donors (Lipinski definition) is 1. The molecule has 0 aliphatic carbocycles. The molecule has 0 aromatic heterocycles. The van der Waals surface area contributed by atoms with Crippen LogP contribution in [-0.2, 0) is 4.79 Å². The summed E-state index contributed by atoms with van der Waals surface area (Å²) in [6, 6.07) is 5.95. The van der Waals surface area contributed by atoms with Crippen LogP contribution in [0.25, 0.3) is 6.08 Å². The molecule has 2 rings (SSSR count). The predicted octanol–water partition coefficient (Wildman–Crippen LogP) is 3.93. The molecule has 0 saturated carbocycles. The lowest BCUT2D eigenvalue weighted by Gasteiger charge is -2.35. The highest BCUT2D eigenvalue weighted by atomic mass is 79.9. The van der Waals surface area contributed by atoms with Gasteiger partial charge in [0.25, 0.3) is 0 Å². The van der Waals surface area contributed by atoms with Gasteiger partial charge in [-0.1, -0.05) is 22.0 Å². The first kappa shape index (κ1) is 14.1. The molecule has 0 unspecified atom stereocenters. The summed E-state index contributed by atoms with van der Waals surface area (Å²) in [5, 5.41) is 8.78. The second-order valence-electron chi connectivity index (χ2n) is 5.44. The molecule has 1 N–H and O–H groups in total. The van der Waals surface area contributed by atoms with Crippen molar-refractivity contribution in [3.63, 3.8) is 0 Å². The quantitative estimate of drug-likeness (QED) is 0.857. The van der Waals surface area contributed by atoms with Gasteiger partial charge in [0.05, 0.1) is 0 Å². The second kappa shape index (κ2) is 5.37. The summed E-state index contributed by atoms with van der Waals surface area (Å²) in [6.45, 7) is 5.47. The lowest BCUT2D eigenvalue weighted by molar-refractivity contribution is -0.131. The van der Waals surface area contributed by atoms with E-state index < -0.39 is 5.97 Å². The van der Waals surface area contributed by atoms with Crippen LogP contribution in [0.15, 0.2) is 28.7 Å². The van der Waals surface area contributed by atoms with Crippen LogP contribution in [0.4, 0.5) is 5.69 Å². The van der Waals surface area contributed by atoms with E-state index in [-0.39, 0.29) is 5.54 Å². The van der Waals surface area contributed by atoms with E-state index in [2.05, 4.69) is 40.7 Å². The molecule has 0 atom stereocenters. The molecule has 102 valence electrons. The minimum Gasteiger partial charge on any atom is -0.478 e. The molecule has 0 radical (unpaired) electrons. The van der Waals surface area contributed by atoms with Gasteiger partial charge in [0, 0.05) is 28.3 Å². The Balaban J connectivity index is 2.43. The van der Waals surface area contributed by atoms with Crippen molar-refractivity contribution in [3.8, 4) is 0 Å². The summed E-state index contributed by atoms with van der Waals surface area (Å²) < 4.78 is 1.01. The molecule has 1 aliphatic rings. The van der Waals surface area contributed by atoms with Gasteiger partial charge in [-0.25, -0.2) is 4.79 Å². The van der Waals surface area contributed by atoms with E-state index in [1.54, 1.807) is 6.08 Å². The lowest BCUT2D eigenvalue weighted by Crippen LogP contribution is -2.38. The molecule has 0 amide bonds. The minimum atomic E-state index is -0.922. The van der Waals surface area contributed by atoms with Crippen LogP contribution in [0.3, 0.4) is 0 Å². The predicted molar refractivity (Wildman–Crippen MR) is 81.5 cm³/mol. The second-order valence-corrected chi connectivity index (χ2v) is 6.36. The monoisotopic (exact) mass is 323 g/mol. The van der Waals surface area contributed by atoms with Gasteiger partial charge in [-0.2, -0.15) is 0 Å². The van der Waals surface area contributed by atoms with Crippen LogP contribution in [0.5, 0.6) is 0 Å². The Bertz CT molecular complexity index is 523. The zero-order valence-corrected chi connectivity index (χ0v) is 12.8. The fourth-order valence-electron chi connectivity index (χ4n) is 2.61. The van der Waals surface area contributed by atoms with Crippen molar-refractivity contribution in [2.45, 2.75) is 32.2 Å². The average molecular weight is 324 g/mol. The summed E-state index contributed by atoms with van der Waals surface area (Å²) in [5.74, 6) is -0.922. The third kappa shape index (κ3) is 3.18.